The summed E-state index contributed by atoms with van der Waals surface area (Å²) in [6.45, 7) is -13.2. The van der Waals surface area contributed by atoms with Crippen LogP contribution in [0.25, 0.3) is 0 Å². The lowest BCUT2D eigenvalue weighted by Gasteiger charge is -2.29. The van der Waals surface area contributed by atoms with E-state index in [2.05, 4.69) is 10.1 Å². The summed E-state index contributed by atoms with van der Waals surface area (Å²) in [5, 5.41) is 2.28. The van der Waals surface area contributed by atoms with Gasteiger partial charge in [0.05, 0.1) is 29.8 Å². The first-order valence-electron chi connectivity index (χ1n) is 11.0. The number of amides is 1. The van der Waals surface area contributed by atoms with Gasteiger partial charge in [-0.15, -0.1) is 0 Å². The van der Waals surface area contributed by atoms with Crippen molar-refractivity contribution in [3.63, 3.8) is 0 Å². The zero-order valence-electron chi connectivity index (χ0n) is 20.4. The first kappa shape index (κ1) is 9.03. The van der Waals surface area contributed by atoms with Crippen molar-refractivity contribution in [2.45, 2.75) is 6.61 Å². The molecule has 0 saturated carbocycles. The fraction of sp³-hybridized carbons (Fsp3) is 0.278. The van der Waals surface area contributed by atoms with Gasteiger partial charge in [0.15, 0.2) is 0 Å². The van der Waals surface area contributed by atoms with Crippen LogP contribution in [0.5, 0.6) is 0 Å². The third-order valence-corrected chi connectivity index (χ3v) is 3.06. The number of hydrogen-bond acceptors (Lipinski definition) is 4. The Morgan fingerprint density at radius 1 is 1.25 bits per heavy atom. The Kier molecular flexibility index (Phi) is 2.93. The van der Waals surface area contributed by atoms with Gasteiger partial charge in [-0.3, -0.25) is 5.32 Å². The summed E-state index contributed by atoms with van der Waals surface area (Å²) in [6, 6.07) is 11.6. The van der Waals surface area contributed by atoms with Crippen molar-refractivity contribution in [1.82, 2.24) is 0 Å². The molecule has 24 heavy (non-hydrogen) atoms. The second-order valence-corrected chi connectivity index (χ2v) is 4.72. The largest absolute Gasteiger partial charge is 0.444 e. The van der Waals surface area contributed by atoms with Gasteiger partial charge in [0.1, 0.15) is 12.4 Å². The third kappa shape index (κ3) is 4.23. The van der Waals surface area contributed by atoms with Crippen LogP contribution in [0.4, 0.5) is 20.6 Å². The van der Waals surface area contributed by atoms with Crippen LogP contribution in [-0.4, -0.2) is 32.2 Å². The monoisotopic (exact) mass is 338 g/mol. The van der Waals surface area contributed by atoms with E-state index in [1.165, 1.54) is 0 Å². The molecule has 0 aromatic heterocycles. The number of anilines is 2. The summed E-state index contributed by atoms with van der Waals surface area (Å²) in [5.41, 5.74) is -0.131. The summed E-state index contributed by atoms with van der Waals surface area (Å²) >= 11 is 0. The molecule has 1 amide bonds. The highest BCUT2D eigenvalue weighted by molar-refractivity contribution is 5.84. The van der Waals surface area contributed by atoms with E-state index in [-0.39, 0.29) is 17.2 Å². The number of rotatable bonds is 4. The minimum absolute atomic E-state index is 0.0241. The van der Waals surface area contributed by atoms with Gasteiger partial charge in [-0.2, -0.15) is 0 Å². The van der Waals surface area contributed by atoms with Gasteiger partial charge in [0.25, 0.3) is 0 Å². The quantitative estimate of drug-likeness (QED) is 0.928. The lowest BCUT2D eigenvalue weighted by molar-refractivity contribution is 0.122. The third-order valence-electron chi connectivity index (χ3n) is 3.06. The van der Waals surface area contributed by atoms with E-state index in [1.807, 2.05) is 0 Å². The zero-order valence-corrected chi connectivity index (χ0v) is 12.4. The number of nitrogens with one attached hydrogen (secondary N) is 1. The number of hydrogen-bond donors (Lipinski definition) is 1. The van der Waals surface area contributed by atoms with Crippen LogP contribution >= 0.6 is 0 Å². The Morgan fingerprint density at radius 3 is 2.71 bits per heavy atom. The first-order chi connectivity index (χ1) is 14.7. The molecule has 2 aromatic rings. The van der Waals surface area contributed by atoms with Crippen molar-refractivity contribution in [3.05, 3.63) is 59.9 Å². The number of ether oxygens (including phenoxy) is 2. The van der Waals surface area contributed by atoms with Gasteiger partial charge in [-0.05, 0) is 23.8 Å². The highest BCUT2D eigenvalue weighted by Gasteiger charge is 2.15. The maximum atomic E-state index is 14.9. The number of carbonyl (C=O) groups excluding carboxylic acids is 1. The molecular weight excluding hydrogens is 311 g/mol. The lowest BCUT2D eigenvalue weighted by Crippen LogP contribution is -2.36. The lowest BCUT2D eigenvalue weighted by atomic mass is 10.2. The molecule has 5 nitrogen and oxygen atoms in total. The highest BCUT2D eigenvalue weighted by atomic mass is 19.1. The summed E-state index contributed by atoms with van der Waals surface area (Å²) in [5.74, 6) is -1.23. The molecule has 1 N–H and O–H groups in total. The second kappa shape index (κ2) is 7.79. The smallest absolute Gasteiger partial charge is 0.411 e. The molecule has 0 aliphatic carbocycles. The maximum absolute atomic E-state index is 14.9. The topological polar surface area (TPSA) is 50.8 Å². The van der Waals surface area contributed by atoms with E-state index in [0.717, 1.165) is 23.8 Å². The van der Waals surface area contributed by atoms with Crippen LogP contribution in [-0.2, 0) is 16.1 Å². The Hall–Kier alpha value is -2.60. The van der Waals surface area contributed by atoms with E-state index >= 15 is 0 Å². The molecule has 2 aromatic carbocycles. The molecule has 126 valence electrons. The molecule has 1 aliphatic rings. The average Bonchev–Trinajstić information content (AvgIpc) is 2.67. The van der Waals surface area contributed by atoms with Crippen LogP contribution in [0.2, 0.25) is 0 Å². The summed E-state index contributed by atoms with van der Waals surface area (Å²) in [4.78, 5) is 12.0. The predicted molar refractivity (Wildman–Crippen MR) is 89.7 cm³/mol. The molecular formula is C18H19FN2O3. The van der Waals surface area contributed by atoms with Crippen molar-refractivity contribution in [2.75, 3.05) is 36.3 Å². The fourth-order valence-electron chi connectivity index (χ4n) is 1.95. The van der Waals surface area contributed by atoms with E-state index in [0.29, 0.717) is 0 Å². The number of carbonyl (C=O) groups is 1. The molecule has 0 spiro atoms. The molecule has 0 bridgehead atoms. The van der Waals surface area contributed by atoms with Crippen molar-refractivity contribution in [1.29, 1.82) is 0 Å². The minimum atomic E-state index is -3.31. The average molecular weight is 338 g/mol. The SMILES string of the molecule is [2H]C1([2H])OC([2H])([2H])C([2H])([2H])N(c2ccc(NC(=O)OCc3ccccc3)cc2F)C1([2H])[2H]. The fourth-order valence-corrected chi connectivity index (χ4v) is 1.95. The van der Waals surface area contributed by atoms with Gasteiger partial charge in [-0.1, -0.05) is 30.3 Å². The van der Waals surface area contributed by atoms with Crippen molar-refractivity contribution < 1.29 is 29.6 Å². The zero-order chi connectivity index (χ0) is 23.9. The molecule has 0 radical (unpaired) electrons. The molecule has 0 unspecified atom stereocenters. The number of benzene rings is 2. The van der Waals surface area contributed by atoms with Gasteiger partial charge in [-0.25, -0.2) is 9.18 Å². The van der Waals surface area contributed by atoms with E-state index in [9.17, 15) is 9.18 Å². The van der Waals surface area contributed by atoms with Crippen molar-refractivity contribution in [2.24, 2.45) is 0 Å². The van der Waals surface area contributed by atoms with Crippen LogP contribution in [0.15, 0.2) is 48.5 Å². The Bertz CT molecular complexity index is 981. The molecule has 1 fully saturated rings. The number of nitrogens with zero attached hydrogens (tertiary/aromatic N) is 1. The Labute approximate surface area is 151 Å². The molecule has 1 heterocycles. The molecule has 3 rings (SSSR count). The van der Waals surface area contributed by atoms with Crippen LogP contribution in [0.3, 0.4) is 0 Å². The highest BCUT2D eigenvalue weighted by Crippen LogP contribution is 2.23. The number of halogens is 1. The number of morpholine rings is 1. The second-order valence-electron chi connectivity index (χ2n) is 4.72. The summed E-state index contributed by atoms with van der Waals surface area (Å²) in [6.07, 6.45) is -0.897. The van der Waals surface area contributed by atoms with Crippen LogP contribution < -0.4 is 10.2 Å². The van der Waals surface area contributed by atoms with Gasteiger partial charge in [0.2, 0.25) is 0 Å². The van der Waals surface area contributed by atoms with Crippen molar-refractivity contribution in [3.8, 4) is 0 Å². The molecule has 1 saturated heterocycles. The summed E-state index contributed by atoms with van der Waals surface area (Å²) < 4.78 is 87.0. The van der Waals surface area contributed by atoms with Crippen LogP contribution in [0.1, 0.15) is 16.5 Å². The van der Waals surface area contributed by atoms with Gasteiger partial charge in [0, 0.05) is 18.7 Å². The summed E-state index contributed by atoms with van der Waals surface area (Å²) in [7, 11) is 0. The Morgan fingerprint density at radius 2 is 2.00 bits per heavy atom. The first-order valence-corrected chi connectivity index (χ1v) is 6.97. The normalized spacial score (nSPS) is 27.6. The maximum Gasteiger partial charge on any atom is 0.411 e. The van der Waals surface area contributed by atoms with E-state index in [1.54, 1.807) is 30.3 Å². The van der Waals surface area contributed by atoms with Gasteiger partial charge < -0.3 is 14.4 Å². The molecule has 1 aliphatic heterocycles. The van der Waals surface area contributed by atoms with E-state index in [4.69, 9.17) is 15.7 Å². The minimum Gasteiger partial charge on any atom is -0.444 e. The molecule has 0 atom stereocenters. The van der Waals surface area contributed by atoms with Crippen molar-refractivity contribution >= 4 is 17.5 Å². The standard InChI is InChI=1S/C18H19FN2O3/c19-16-12-15(6-7-17(16)21-8-10-23-11-9-21)20-18(22)24-13-14-4-2-1-3-5-14/h1-7,12H,8-11,13H2,(H,20,22)/i8D2,9D2,10D2,11D2. The van der Waals surface area contributed by atoms with Gasteiger partial charge >= 0.3 is 6.09 Å². The van der Waals surface area contributed by atoms with E-state index < -0.39 is 43.7 Å². The Balaban J connectivity index is 1.84. The molecule has 6 heteroatoms. The van der Waals surface area contributed by atoms with Crippen LogP contribution in [0, 0.1) is 5.82 Å². The predicted octanol–water partition coefficient (Wildman–Crippen LogP) is 3.41.